The van der Waals surface area contributed by atoms with Crippen molar-refractivity contribution in [3.05, 3.63) is 78.6 Å². The second-order valence-corrected chi connectivity index (χ2v) is 6.54. The van der Waals surface area contributed by atoms with Crippen molar-refractivity contribution >= 4 is 28.7 Å². The number of aromatic nitrogens is 1. The summed E-state index contributed by atoms with van der Waals surface area (Å²) in [7, 11) is 0. The summed E-state index contributed by atoms with van der Waals surface area (Å²) in [5.74, 6) is -0.141. The minimum absolute atomic E-state index is 0.141. The van der Waals surface area contributed by atoms with Crippen LogP contribution in [0.15, 0.2) is 73.1 Å². The number of morpholine rings is 1. The summed E-state index contributed by atoms with van der Waals surface area (Å²) >= 11 is 0. The van der Waals surface area contributed by atoms with E-state index in [1.54, 1.807) is 18.5 Å². The summed E-state index contributed by atoms with van der Waals surface area (Å²) in [5, 5.41) is 6.23. The molecule has 2 aromatic carbocycles. The van der Waals surface area contributed by atoms with Crippen molar-refractivity contribution in [3.63, 3.8) is 0 Å². The number of benzene rings is 2. The molecule has 1 aliphatic rings. The summed E-state index contributed by atoms with van der Waals surface area (Å²) in [6.45, 7) is 3.29. The SMILES string of the molecule is O=C(Nc1ccc(N2CCOCC2)cc1)c1cccc(Nc2ccncc2)c1. The first-order valence-electron chi connectivity index (χ1n) is 9.29. The van der Waals surface area contributed by atoms with Crippen LogP contribution in [0.1, 0.15) is 10.4 Å². The van der Waals surface area contributed by atoms with Crippen LogP contribution in [0.2, 0.25) is 0 Å². The van der Waals surface area contributed by atoms with Crippen molar-refractivity contribution in [3.8, 4) is 0 Å². The first kappa shape index (κ1) is 18.0. The van der Waals surface area contributed by atoms with Crippen LogP contribution < -0.4 is 15.5 Å². The van der Waals surface area contributed by atoms with E-state index in [2.05, 4.69) is 20.5 Å². The number of rotatable bonds is 5. The van der Waals surface area contributed by atoms with Gasteiger partial charge in [-0.15, -0.1) is 0 Å². The molecule has 1 amide bonds. The number of carbonyl (C=O) groups excluding carboxylic acids is 1. The average molecular weight is 374 g/mol. The molecule has 2 N–H and O–H groups in total. The van der Waals surface area contributed by atoms with Crippen LogP contribution in [0.4, 0.5) is 22.7 Å². The highest BCUT2D eigenvalue weighted by Crippen LogP contribution is 2.21. The van der Waals surface area contributed by atoms with Crippen LogP contribution in [-0.4, -0.2) is 37.2 Å². The molecule has 0 unspecified atom stereocenters. The Hall–Kier alpha value is -3.38. The molecule has 142 valence electrons. The van der Waals surface area contributed by atoms with E-state index in [9.17, 15) is 4.79 Å². The Morgan fingerprint density at radius 3 is 2.39 bits per heavy atom. The molecular formula is C22H22N4O2. The third-order valence-electron chi connectivity index (χ3n) is 4.60. The summed E-state index contributed by atoms with van der Waals surface area (Å²) in [5.41, 5.74) is 4.28. The van der Waals surface area contributed by atoms with Crippen molar-refractivity contribution in [2.24, 2.45) is 0 Å². The molecular weight excluding hydrogens is 352 g/mol. The van der Waals surface area contributed by atoms with Gasteiger partial charge < -0.3 is 20.3 Å². The first-order valence-corrected chi connectivity index (χ1v) is 9.29. The van der Waals surface area contributed by atoms with Crippen molar-refractivity contribution in [1.29, 1.82) is 0 Å². The van der Waals surface area contributed by atoms with Gasteiger partial charge in [0.1, 0.15) is 0 Å². The Balaban J connectivity index is 1.41. The first-order chi connectivity index (χ1) is 13.8. The minimum atomic E-state index is -0.141. The van der Waals surface area contributed by atoms with Gasteiger partial charge in [-0.3, -0.25) is 9.78 Å². The van der Waals surface area contributed by atoms with E-state index < -0.39 is 0 Å². The zero-order valence-corrected chi connectivity index (χ0v) is 15.5. The lowest BCUT2D eigenvalue weighted by Crippen LogP contribution is -2.36. The van der Waals surface area contributed by atoms with Gasteiger partial charge in [0, 0.05) is 53.8 Å². The normalized spacial score (nSPS) is 13.8. The molecule has 3 aromatic rings. The second kappa shape index (κ2) is 8.54. The Kier molecular flexibility index (Phi) is 5.49. The topological polar surface area (TPSA) is 66.5 Å². The van der Waals surface area contributed by atoms with Crippen molar-refractivity contribution in [1.82, 2.24) is 4.98 Å². The lowest BCUT2D eigenvalue weighted by Gasteiger charge is -2.28. The van der Waals surface area contributed by atoms with E-state index >= 15 is 0 Å². The maximum atomic E-state index is 12.6. The third kappa shape index (κ3) is 4.47. The molecule has 6 nitrogen and oxygen atoms in total. The predicted octanol–water partition coefficient (Wildman–Crippen LogP) is 3.91. The highest BCUT2D eigenvalue weighted by atomic mass is 16.5. The van der Waals surface area contributed by atoms with Crippen LogP contribution in [0.25, 0.3) is 0 Å². The highest BCUT2D eigenvalue weighted by molar-refractivity contribution is 6.05. The molecule has 0 aliphatic carbocycles. The van der Waals surface area contributed by atoms with Gasteiger partial charge in [-0.2, -0.15) is 0 Å². The van der Waals surface area contributed by atoms with Gasteiger partial charge in [-0.05, 0) is 54.6 Å². The van der Waals surface area contributed by atoms with E-state index in [-0.39, 0.29) is 5.91 Å². The fourth-order valence-electron chi connectivity index (χ4n) is 3.12. The maximum absolute atomic E-state index is 12.6. The summed E-state index contributed by atoms with van der Waals surface area (Å²) in [4.78, 5) is 18.9. The van der Waals surface area contributed by atoms with E-state index in [0.29, 0.717) is 5.56 Å². The molecule has 0 atom stereocenters. The number of carbonyl (C=O) groups is 1. The molecule has 1 saturated heterocycles. The molecule has 4 rings (SSSR count). The van der Waals surface area contributed by atoms with E-state index in [1.165, 1.54) is 0 Å². The Labute approximate surface area is 164 Å². The molecule has 1 fully saturated rings. The molecule has 2 heterocycles. The fraction of sp³-hybridized carbons (Fsp3) is 0.182. The molecule has 0 radical (unpaired) electrons. The number of hydrogen-bond donors (Lipinski definition) is 2. The number of nitrogens with one attached hydrogen (secondary N) is 2. The number of anilines is 4. The highest BCUT2D eigenvalue weighted by Gasteiger charge is 2.12. The summed E-state index contributed by atoms with van der Waals surface area (Å²) in [6.07, 6.45) is 3.44. The maximum Gasteiger partial charge on any atom is 0.255 e. The molecule has 0 spiro atoms. The number of hydrogen-bond acceptors (Lipinski definition) is 5. The lowest BCUT2D eigenvalue weighted by atomic mass is 10.1. The summed E-state index contributed by atoms with van der Waals surface area (Å²) < 4.78 is 5.39. The molecule has 28 heavy (non-hydrogen) atoms. The molecule has 0 saturated carbocycles. The Morgan fingerprint density at radius 2 is 1.64 bits per heavy atom. The minimum Gasteiger partial charge on any atom is -0.378 e. The monoisotopic (exact) mass is 374 g/mol. The Morgan fingerprint density at radius 1 is 0.893 bits per heavy atom. The smallest absolute Gasteiger partial charge is 0.255 e. The largest absolute Gasteiger partial charge is 0.378 e. The van der Waals surface area contributed by atoms with Gasteiger partial charge >= 0.3 is 0 Å². The van der Waals surface area contributed by atoms with Crippen LogP contribution >= 0.6 is 0 Å². The van der Waals surface area contributed by atoms with Crippen molar-refractivity contribution in [2.45, 2.75) is 0 Å². The van der Waals surface area contributed by atoms with Gasteiger partial charge in [0.15, 0.2) is 0 Å². The van der Waals surface area contributed by atoms with Crippen molar-refractivity contribution < 1.29 is 9.53 Å². The van der Waals surface area contributed by atoms with Gasteiger partial charge in [0.25, 0.3) is 5.91 Å². The quantitative estimate of drug-likeness (QED) is 0.709. The van der Waals surface area contributed by atoms with Gasteiger partial charge in [-0.1, -0.05) is 6.07 Å². The lowest BCUT2D eigenvalue weighted by molar-refractivity contribution is 0.102. The third-order valence-corrected chi connectivity index (χ3v) is 4.60. The van der Waals surface area contributed by atoms with Crippen LogP contribution in [0, 0.1) is 0 Å². The van der Waals surface area contributed by atoms with Crippen LogP contribution in [0.5, 0.6) is 0 Å². The second-order valence-electron chi connectivity index (χ2n) is 6.54. The number of ether oxygens (including phenoxy) is 1. The molecule has 1 aliphatic heterocycles. The number of nitrogens with zero attached hydrogens (tertiary/aromatic N) is 2. The van der Waals surface area contributed by atoms with E-state index in [4.69, 9.17) is 4.74 Å². The predicted molar refractivity (Wildman–Crippen MR) is 111 cm³/mol. The van der Waals surface area contributed by atoms with Crippen molar-refractivity contribution in [2.75, 3.05) is 41.8 Å². The summed E-state index contributed by atoms with van der Waals surface area (Å²) in [6, 6.07) is 19.1. The van der Waals surface area contributed by atoms with Crippen LogP contribution in [-0.2, 0) is 4.74 Å². The van der Waals surface area contributed by atoms with E-state index in [1.807, 2.05) is 54.6 Å². The van der Waals surface area contributed by atoms with E-state index in [0.717, 1.165) is 49.1 Å². The number of pyridine rings is 1. The number of amides is 1. The van der Waals surface area contributed by atoms with Gasteiger partial charge in [-0.25, -0.2) is 0 Å². The van der Waals surface area contributed by atoms with Gasteiger partial charge in [0.05, 0.1) is 13.2 Å². The fourth-order valence-corrected chi connectivity index (χ4v) is 3.12. The standard InChI is InChI=1S/C22H22N4O2/c27-22(17-2-1-3-20(16-17)24-19-8-10-23-11-9-19)25-18-4-6-21(7-5-18)26-12-14-28-15-13-26/h1-11,16H,12-15H2,(H,23,24)(H,25,27). The molecule has 6 heteroatoms. The molecule has 1 aromatic heterocycles. The van der Waals surface area contributed by atoms with Gasteiger partial charge in [0.2, 0.25) is 0 Å². The molecule has 0 bridgehead atoms. The Bertz CT molecular complexity index is 923. The van der Waals surface area contributed by atoms with Crippen LogP contribution in [0.3, 0.4) is 0 Å². The zero-order valence-electron chi connectivity index (χ0n) is 15.5. The average Bonchev–Trinajstić information content (AvgIpc) is 2.76. The zero-order chi connectivity index (χ0) is 19.2.